The summed E-state index contributed by atoms with van der Waals surface area (Å²) in [6.45, 7) is 1.84. The summed E-state index contributed by atoms with van der Waals surface area (Å²) >= 11 is 0. The van der Waals surface area contributed by atoms with E-state index in [1.54, 1.807) is 0 Å². The molecule has 74 valence electrons. The number of benzene rings is 1. The highest BCUT2D eigenvalue weighted by Crippen LogP contribution is 2.37. The predicted molar refractivity (Wildman–Crippen MR) is 54.0 cm³/mol. The fourth-order valence-electron chi connectivity index (χ4n) is 2.14. The van der Waals surface area contributed by atoms with Gasteiger partial charge < -0.3 is 5.11 Å². The molecule has 1 aromatic rings. The summed E-state index contributed by atoms with van der Waals surface area (Å²) in [5.41, 5.74) is 0.247. The molecule has 0 heterocycles. The molecule has 0 bridgehead atoms. The molecule has 0 unspecified atom stereocenters. The van der Waals surface area contributed by atoms with Crippen LogP contribution in [-0.2, 0) is 10.2 Å². The molecule has 1 fully saturated rings. The molecule has 1 aliphatic carbocycles. The molecule has 14 heavy (non-hydrogen) atoms. The Morgan fingerprint density at radius 2 is 2.00 bits per heavy atom. The van der Waals surface area contributed by atoms with Crippen molar-refractivity contribution in [2.75, 3.05) is 0 Å². The topological polar surface area (TPSA) is 37.3 Å². The van der Waals surface area contributed by atoms with E-state index in [-0.39, 0.29) is 5.78 Å². The van der Waals surface area contributed by atoms with Gasteiger partial charge in [-0.15, -0.1) is 0 Å². The van der Waals surface area contributed by atoms with Gasteiger partial charge in [-0.05, 0) is 18.9 Å². The molecule has 2 rings (SSSR count). The molecule has 0 aliphatic heterocycles. The van der Waals surface area contributed by atoms with Crippen LogP contribution >= 0.6 is 0 Å². The number of ketones is 1. The van der Waals surface area contributed by atoms with Crippen molar-refractivity contribution in [1.82, 2.24) is 0 Å². The van der Waals surface area contributed by atoms with Crippen molar-refractivity contribution in [3.8, 4) is 0 Å². The van der Waals surface area contributed by atoms with Crippen molar-refractivity contribution in [3.63, 3.8) is 0 Å². The zero-order valence-corrected chi connectivity index (χ0v) is 8.23. The van der Waals surface area contributed by atoms with Crippen molar-refractivity contribution < 1.29 is 9.90 Å². The second-order valence-electron chi connectivity index (χ2n) is 4.05. The van der Waals surface area contributed by atoms with Crippen LogP contribution in [0.3, 0.4) is 0 Å². The molecule has 1 aliphatic rings. The molecule has 0 amide bonds. The van der Waals surface area contributed by atoms with Crippen LogP contribution in [0.5, 0.6) is 0 Å². The summed E-state index contributed by atoms with van der Waals surface area (Å²) in [4.78, 5) is 11.7. The number of aliphatic hydroxyl groups excluding tert-OH is 1. The molecule has 1 saturated carbocycles. The summed E-state index contributed by atoms with van der Waals surface area (Å²) in [5, 5.41) is 9.85. The van der Waals surface area contributed by atoms with Crippen molar-refractivity contribution in [3.05, 3.63) is 35.9 Å². The van der Waals surface area contributed by atoms with Crippen LogP contribution in [0.1, 0.15) is 25.3 Å². The van der Waals surface area contributed by atoms with Gasteiger partial charge in [0.05, 0.1) is 11.5 Å². The van der Waals surface area contributed by atoms with Gasteiger partial charge in [0.25, 0.3) is 0 Å². The third kappa shape index (κ3) is 1.18. The Labute approximate surface area is 83.6 Å². The van der Waals surface area contributed by atoms with Crippen molar-refractivity contribution >= 4 is 5.78 Å². The molecule has 0 radical (unpaired) electrons. The molecule has 2 atom stereocenters. The molecule has 2 heteroatoms. The maximum absolute atomic E-state index is 11.7. The fraction of sp³-hybridized carbons (Fsp3) is 0.417. The van der Waals surface area contributed by atoms with Gasteiger partial charge in [0, 0.05) is 6.42 Å². The Balaban J connectivity index is 2.46. The van der Waals surface area contributed by atoms with Gasteiger partial charge in [-0.25, -0.2) is 0 Å². The second kappa shape index (κ2) is 3.21. The largest absolute Gasteiger partial charge is 0.392 e. The second-order valence-corrected chi connectivity index (χ2v) is 4.05. The van der Waals surface area contributed by atoms with Crippen LogP contribution in [0.15, 0.2) is 30.3 Å². The summed E-state index contributed by atoms with van der Waals surface area (Å²) in [7, 11) is 0. The van der Waals surface area contributed by atoms with E-state index in [9.17, 15) is 9.90 Å². The number of hydrogen-bond acceptors (Lipinski definition) is 2. The minimum Gasteiger partial charge on any atom is -0.392 e. The summed E-state index contributed by atoms with van der Waals surface area (Å²) < 4.78 is 0. The quantitative estimate of drug-likeness (QED) is 0.731. The molecular weight excluding hydrogens is 176 g/mol. The number of carbonyl (C=O) groups excluding carboxylic acids is 1. The predicted octanol–water partition coefficient (Wildman–Crippen LogP) is 1.67. The first-order valence-electron chi connectivity index (χ1n) is 4.92. The third-order valence-electron chi connectivity index (χ3n) is 3.26. The van der Waals surface area contributed by atoms with Gasteiger partial charge in [-0.2, -0.15) is 0 Å². The average Bonchev–Trinajstić information content (AvgIpc) is 2.49. The van der Waals surface area contributed by atoms with Gasteiger partial charge in [-0.1, -0.05) is 30.3 Å². The van der Waals surface area contributed by atoms with E-state index >= 15 is 0 Å². The minimum absolute atomic E-state index is 0.149. The molecular formula is C12H14O2. The molecule has 0 saturated heterocycles. The first-order valence-corrected chi connectivity index (χ1v) is 4.92. The normalized spacial score (nSPS) is 32.1. The van der Waals surface area contributed by atoms with Crippen LogP contribution in [0.4, 0.5) is 0 Å². The van der Waals surface area contributed by atoms with Crippen LogP contribution in [0.2, 0.25) is 0 Å². The van der Waals surface area contributed by atoms with E-state index in [2.05, 4.69) is 0 Å². The first-order chi connectivity index (χ1) is 6.65. The lowest BCUT2D eigenvalue weighted by molar-refractivity contribution is -0.123. The van der Waals surface area contributed by atoms with Gasteiger partial charge in [0.2, 0.25) is 0 Å². The number of hydrogen-bond donors (Lipinski definition) is 1. The lowest BCUT2D eigenvalue weighted by Crippen LogP contribution is -2.37. The third-order valence-corrected chi connectivity index (χ3v) is 3.26. The van der Waals surface area contributed by atoms with Crippen LogP contribution < -0.4 is 0 Å². The van der Waals surface area contributed by atoms with Crippen molar-refractivity contribution in [1.29, 1.82) is 0 Å². The smallest absolute Gasteiger partial charge is 0.145 e. The zero-order chi connectivity index (χ0) is 10.2. The number of rotatable bonds is 1. The summed E-state index contributed by atoms with van der Waals surface area (Å²) in [6, 6.07) is 9.54. The Hall–Kier alpha value is -1.15. The number of Topliss-reactive ketones (excluding diaryl/α,β-unsaturated/α-hetero) is 1. The Bertz CT molecular complexity index is 345. The van der Waals surface area contributed by atoms with E-state index < -0.39 is 11.5 Å². The van der Waals surface area contributed by atoms with E-state index in [4.69, 9.17) is 0 Å². The van der Waals surface area contributed by atoms with E-state index in [0.717, 1.165) is 5.56 Å². The molecule has 0 aromatic heterocycles. The highest BCUT2D eigenvalue weighted by atomic mass is 16.3. The SMILES string of the molecule is C[C@]1(c2ccccc2)C(=O)CC[C@@H]1O. The van der Waals surface area contributed by atoms with Gasteiger partial charge >= 0.3 is 0 Å². The lowest BCUT2D eigenvalue weighted by atomic mass is 9.78. The summed E-state index contributed by atoms with van der Waals surface area (Å²) in [5.74, 6) is 0.149. The minimum atomic E-state index is -0.679. The van der Waals surface area contributed by atoms with Crippen molar-refractivity contribution in [2.24, 2.45) is 0 Å². The molecule has 1 N–H and O–H groups in total. The number of carbonyl (C=O) groups is 1. The summed E-state index contributed by atoms with van der Waals surface area (Å²) in [6.07, 6.45) is 0.550. The number of aliphatic hydroxyl groups is 1. The van der Waals surface area contributed by atoms with Gasteiger partial charge in [0.15, 0.2) is 0 Å². The fourth-order valence-corrected chi connectivity index (χ4v) is 2.14. The Morgan fingerprint density at radius 3 is 2.50 bits per heavy atom. The molecule has 2 nitrogen and oxygen atoms in total. The van der Waals surface area contributed by atoms with E-state index in [1.807, 2.05) is 37.3 Å². The maximum Gasteiger partial charge on any atom is 0.145 e. The van der Waals surface area contributed by atoms with Crippen LogP contribution in [-0.4, -0.2) is 17.0 Å². The van der Waals surface area contributed by atoms with E-state index in [0.29, 0.717) is 12.8 Å². The van der Waals surface area contributed by atoms with Gasteiger partial charge in [-0.3, -0.25) is 4.79 Å². The van der Waals surface area contributed by atoms with Crippen LogP contribution in [0, 0.1) is 0 Å². The molecule has 0 spiro atoms. The monoisotopic (exact) mass is 190 g/mol. The average molecular weight is 190 g/mol. The van der Waals surface area contributed by atoms with E-state index in [1.165, 1.54) is 0 Å². The zero-order valence-electron chi connectivity index (χ0n) is 8.23. The lowest BCUT2D eigenvalue weighted by Gasteiger charge is -2.26. The highest BCUT2D eigenvalue weighted by molar-refractivity contribution is 5.92. The Kier molecular flexibility index (Phi) is 2.16. The maximum atomic E-state index is 11.7. The van der Waals surface area contributed by atoms with Gasteiger partial charge in [0.1, 0.15) is 5.78 Å². The highest BCUT2D eigenvalue weighted by Gasteiger charge is 2.46. The van der Waals surface area contributed by atoms with Crippen molar-refractivity contribution in [2.45, 2.75) is 31.3 Å². The standard InChI is InChI=1S/C12H14O2/c1-12(9-5-3-2-4-6-9)10(13)7-8-11(12)14/h2-6,10,13H,7-8H2,1H3/t10-,12+/m0/s1. The first kappa shape index (κ1) is 9.41. The molecule has 1 aromatic carbocycles. The van der Waals surface area contributed by atoms with Crippen LogP contribution in [0.25, 0.3) is 0 Å². The Morgan fingerprint density at radius 1 is 1.36 bits per heavy atom.